The third-order valence-electron chi connectivity index (χ3n) is 4.40. The zero-order valence-corrected chi connectivity index (χ0v) is 21.2. The molecule has 0 bridgehead atoms. The molecular weight excluding hydrogens is 507 g/mol. The molecule has 5 nitrogen and oxygen atoms in total. The summed E-state index contributed by atoms with van der Waals surface area (Å²) >= 11 is 21.2. The molecule has 0 saturated heterocycles. The van der Waals surface area contributed by atoms with Crippen LogP contribution in [0.5, 0.6) is 0 Å². The fourth-order valence-electron chi connectivity index (χ4n) is 2.82. The van der Waals surface area contributed by atoms with Gasteiger partial charge in [-0.05, 0) is 48.4 Å². The summed E-state index contributed by atoms with van der Waals surface area (Å²) in [6.45, 7) is 6.28. The molecule has 0 aliphatic carbocycles. The Kier molecular flexibility index (Phi) is 9.37. The first-order valence-corrected chi connectivity index (χ1v) is 12.9. The van der Waals surface area contributed by atoms with Gasteiger partial charge in [0, 0.05) is 33.1 Å². The maximum absolute atomic E-state index is 12.4. The number of thioether (sulfide) groups is 2. The number of nitrogens with zero attached hydrogens (tertiary/aromatic N) is 3. The number of carbonyl (C=O) groups excluding carboxylic acids is 1. The Morgan fingerprint density at radius 2 is 1.88 bits per heavy atom. The summed E-state index contributed by atoms with van der Waals surface area (Å²) in [7, 11) is 0. The molecule has 0 aliphatic heterocycles. The van der Waals surface area contributed by atoms with Crippen LogP contribution in [0.25, 0.3) is 0 Å². The van der Waals surface area contributed by atoms with Crippen LogP contribution in [-0.2, 0) is 22.8 Å². The lowest BCUT2D eigenvalue weighted by Crippen LogP contribution is -2.15. The highest BCUT2D eigenvalue weighted by atomic mass is 35.5. The van der Waals surface area contributed by atoms with Gasteiger partial charge in [0.15, 0.2) is 5.16 Å². The van der Waals surface area contributed by atoms with Gasteiger partial charge in [-0.25, -0.2) is 0 Å². The fraction of sp³-hybridized carbons (Fsp3) is 0.227. The summed E-state index contributed by atoms with van der Waals surface area (Å²) in [5.41, 5.74) is 2.66. The van der Waals surface area contributed by atoms with E-state index in [2.05, 4.69) is 22.1 Å². The van der Waals surface area contributed by atoms with Crippen LogP contribution in [0.15, 0.2) is 54.2 Å². The Labute approximate surface area is 210 Å². The number of anilines is 1. The van der Waals surface area contributed by atoms with Gasteiger partial charge in [-0.15, -0.1) is 28.5 Å². The SMILES string of the molecule is C=CCn1c(CSCc2ccc(Cl)cc2Cl)nnc1SCC(=O)Nc1ccc(Cl)cc1C. The smallest absolute Gasteiger partial charge is 0.234 e. The van der Waals surface area contributed by atoms with Gasteiger partial charge < -0.3 is 9.88 Å². The summed E-state index contributed by atoms with van der Waals surface area (Å²) in [5.74, 6) is 2.28. The number of amides is 1. The summed E-state index contributed by atoms with van der Waals surface area (Å²) in [6, 6.07) is 10.8. The largest absolute Gasteiger partial charge is 0.325 e. The molecule has 3 rings (SSSR count). The van der Waals surface area contributed by atoms with Crippen molar-refractivity contribution in [1.29, 1.82) is 0 Å². The van der Waals surface area contributed by atoms with E-state index < -0.39 is 0 Å². The number of hydrogen-bond acceptors (Lipinski definition) is 5. The molecule has 1 aromatic heterocycles. The fourth-order valence-corrected chi connectivity index (χ4v) is 5.34. The number of aryl methyl sites for hydroxylation is 1. The predicted molar refractivity (Wildman–Crippen MR) is 137 cm³/mol. The Bertz CT molecular complexity index is 1120. The Balaban J connectivity index is 1.58. The molecule has 0 spiro atoms. The van der Waals surface area contributed by atoms with Gasteiger partial charge in [-0.1, -0.05) is 58.7 Å². The molecule has 3 aromatic rings. The number of carbonyl (C=O) groups is 1. The summed E-state index contributed by atoms with van der Waals surface area (Å²) in [5, 5.41) is 14.1. The highest BCUT2D eigenvalue weighted by molar-refractivity contribution is 7.99. The molecule has 168 valence electrons. The first-order chi connectivity index (χ1) is 15.4. The van der Waals surface area contributed by atoms with Crippen molar-refractivity contribution in [1.82, 2.24) is 14.8 Å². The zero-order chi connectivity index (χ0) is 23.1. The second-order valence-electron chi connectivity index (χ2n) is 6.82. The van der Waals surface area contributed by atoms with E-state index in [9.17, 15) is 4.79 Å². The number of halogens is 3. The van der Waals surface area contributed by atoms with Crippen LogP contribution in [0.2, 0.25) is 15.1 Å². The van der Waals surface area contributed by atoms with Gasteiger partial charge in [-0.2, -0.15) is 0 Å². The van der Waals surface area contributed by atoms with Crippen LogP contribution in [0.3, 0.4) is 0 Å². The minimum absolute atomic E-state index is 0.123. The van der Waals surface area contributed by atoms with Gasteiger partial charge in [0.2, 0.25) is 5.91 Å². The van der Waals surface area contributed by atoms with Crippen LogP contribution >= 0.6 is 58.3 Å². The zero-order valence-electron chi connectivity index (χ0n) is 17.3. The first kappa shape index (κ1) is 25.0. The normalized spacial score (nSPS) is 10.9. The monoisotopic (exact) mass is 526 g/mol. The Hall–Kier alpha value is -1.64. The average molecular weight is 528 g/mol. The van der Waals surface area contributed by atoms with Gasteiger partial charge >= 0.3 is 0 Å². The average Bonchev–Trinajstić information content (AvgIpc) is 3.12. The lowest BCUT2D eigenvalue weighted by Gasteiger charge is -2.10. The maximum Gasteiger partial charge on any atom is 0.234 e. The summed E-state index contributed by atoms with van der Waals surface area (Å²) in [4.78, 5) is 12.4. The van der Waals surface area contributed by atoms with Crippen LogP contribution in [0.4, 0.5) is 5.69 Å². The third-order valence-corrected chi connectivity index (χ3v) is 7.17. The summed E-state index contributed by atoms with van der Waals surface area (Å²) < 4.78 is 1.97. The predicted octanol–water partition coefficient (Wildman–Crippen LogP) is 6.90. The third kappa shape index (κ3) is 6.93. The van der Waals surface area contributed by atoms with Crippen molar-refractivity contribution in [3.8, 4) is 0 Å². The number of nitrogens with one attached hydrogen (secondary N) is 1. The molecular formula is C22H21Cl3N4OS2. The molecule has 0 radical (unpaired) electrons. The summed E-state index contributed by atoms with van der Waals surface area (Å²) in [6.07, 6.45) is 1.79. The van der Waals surface area contributed by atoms with Gasteiger partial charge in [0.25, 0.3) is 0 Å². The molecule has 10 heteroatoms. The van der Waals surface area contributed by atoms with E-state index in [4.69, 9.17) is 34.8 Å². The molecule has 0 unspecified atom stereocenters. The number of benzene rings is 2. The van der Waals surface area contributed by atoms with Crippen molar-refractivity contribution in [2.45, 2.75) is 30.1 Å². The van der Waals surface area contributed by atoms with Crippen molar-refractivity contribution < 1.29 is 4.79 Å². The minimum Gasteiger partial charge on any atom is -0.325 e. The van der Waals surface area contributed by atoms with E-state index >= 15 is 0 Å². The van der Waals surface area contributed by atoms with Crippen molar-refractivity contribution in [2.24, 2.45) is 0 Å². The second kappa shape index (κ2) is 12.0. The van der Waals surface area contributed by atoms with Crippen molar-refractivity contribution in [3.05, 3.63) is 81.1 Å². The quantitative estimate of drug-likeness (QED) is 0.230. The topological polar surface area (TPSA) is 59.8 Å². The van der Waals surface area contributed by atoms with Gasteiger partial charge in [-0.3, -0.25) is 4.79 Å². The molecule has 1 heterocycles. The maximum atomic E-state index is 12.4. The van der Waals surface area contributed by atoms with Crippen molar-refractivity contribution in [2.75, 3.05) is 11.1 Å². The number of hydrogen-bond donors (Lipinski definition) is 1. The lowest BCUT2D eigenvalue weighted by molar-refractivity contribution is -0.113. The Morgan fingerprint density at radius 1 is 1.12 bits per heavy atom. The number of aromatic nitrogens is 3. The van der Waals surface area contributed by atoms with E-state index in [0.29, 0.717) is 32.5 Å². The standard InChI is InChI=1S/C22H21Cl3N4OS2/c1-3-8-29-20(12-31-11-15-4-5-17(24)10-18(15)25)27-28-22(29)32-13-21(30)26-19-7-6-16(23)9-14(19)2/h3-7,9-10H,1,8,11-13H2,2H3,(H,26,30). The highest BCUT2D eigenvalue weighted by Crippen LogP contribution is 2.27. The van der Waals surface area contributed by atoms with Crippen LogP contribution in [0, 0.1) is 6.92 Å². The first-order valence-electron chi connectivity index (χ1n) is 9.61. The van der Waals surface area contributed by atoms with E-state index in [1.165, 1.54) is 11.8 Å². The van der Waals surface area contributed by atoms with E-state index in [1.54, 1.807) is 36.0 Å². The molecule has 0 aliphatic rings. The van der Waals surface area contributed by atoms with Crippen molar-refractivity contribution >= 4 is 69.9 Å². The number of rotatable bonds is 10. The van der Waals surface area contributed by atoms with Crippen molar-refractivity contribution in [3.63, 3.8) is 0 Å². The van der Waals surface area contributed by atoms with Gasteiger partial charge in [0.05, 0.1) is 11.5 Å². The molecule has 0 saturated carbocycles. The number of allylic oxidation sites excluding steroid dienone is 1. The van der Waals surface area contributed by atoms with E-state index in [0.717, 1.165) is 28.4 Å². The molecule has 1 N–H and O–H groups in total. The Morgan fingerprint density at radius 3 is 2.59 bits per heavy atom. The minimum atomic E-state index is -0.123. The molecule has 2 aromatic carbocycles. The van der Waals surface area contributed by atoms with Crippen LogP contribution < -0.4 is 5.32 Å². The lowest BCUT2D eigenvalue weighted by atomic mass is 10.2. The van der Waals surface area contributed by atoms with Gasteiger partial charge in [0.1, 0.15) is 5.82 Å². The molecule has 32 heavy (non-hydrogen) atoms. The van der Waals surface area contributed by atoms with E-state index in [1.807, 2.05) is 29.7 Å². The molecule has 1 amide bonds. The van der Waals surface area contributed by atoms with Crippen LogP contribution in [0.1, 0.15) is 17.0 Å². The van der Waals surface area contributed by atoms with Crippen LogP contribution in [-0.4, -0.2) is 26.4 Å². The molecule has 0 fully saturated rings. The second-order valence-corrected chi connectivity index (χ2v) is 10.0. The molecule has 0 atom stereocenters. The van der Waals surface area contributed by atoms with E-state index in [-0.39, 0.29) is 11.7 Å². The highest BCUT2D eigenvalue weighted by Gasteiger charge is 2.14.